The third-order valence-corrected chi connectivity index (χ3v) is 4.41. The Kier molecular flexibility index (Phi) is 6.25. The zero-order valence-corrected chi connectivity index (χ0v) is 15.0. The van der Waals surface area contributed by atoms with E-state index in [1.54, 1.807) is 12.1 Å². The molecule has 3 rings (SSSR count). The lowest BCUT2D eigenvalue weighted by Gasteiger charge is -2.26. The van der Waals surface area contributed by atoms with Crippen LogP contribution in [-0.2, 0) is 16.0 Å². The summed E-state index contributed by atoms with van der Waals surface area (Å²) >= 11 is 0. The maximum absolute atomic E-state index is 11.9. The number of fused-ring (bicyclic) bond motifs is 1. The third-order valence-electron chi connectivity index (χ3n) is 4.41. The number of rotatable bonds is 7. The Morgan fingerprint density at radius 2 is 2.08 bits per heavy atom. The molecule has 1 amide bonds. The summed E-state index contributed by atoms with van der Waals surface area (Å²) < 4.78 is 16.0. The summed E-state index contributed by atoms with van der Waals surface area (Å²) in [7, 11) is 0. The van der Waals surface area contributed by atoms with Crippen LogP contribution in [0, 0.1) is 0 Å². The monoisotopic (exact) mass is 360 g/mol. The second kappa shape index (κ2) is 8.82. The van der Waals surface area contributed by atoms with Gasteiger partial charge in [-0.05, 0) is 24.1 Å². The lowest BCUT2D eigenvalue weighted by atomic mass is 10.1. The van der Waals surface area contributed by atoms with E-state index in [0.717, 1.165) is 50.2 Å². The number of aryl methyl sites for hydroxylation is 1. The topological polar surface area (TPSA) is 81.0 Å². The fraction of sp³-hybridized carbons (Fsp3) is 0.474. The number of nitrogens with one attached hydrogen (secondary N) is 1. The van der Waals surface area contributed by atoms with Gasteiger partial charge in [-0.1, -0.05) is 6.92 Å². The number of benzene rings is 1. The smallest absolute Gasteiger partial charge is 0.336 e. The van der Waals surface area contributed by atoms with Crippen molar-refractivity contribution in [2.24, 2.45) is 0 Å². The number of hydrogen-bond acceptors (Lipinski definition) is 6. The lowest BCUT2D eigenvalue weighted by molar-refractivity contribution is -0.123. The van der Waals surface area contributed by atoms with Crippen LogP contribution in [0.4, 0.5) is 0 Å². The Morgan fingerprint density at radius 1 is 1.27 bits per heavy atom. The van der Waals surface area contributed by atoms with Gasteiger partial charge in [-0.3, -0.25) is 9.69 Å². The van der Waals surface area contributed by atoms with Crippen LogP contribution in [-0.4, -0.2) is 56.8 Å². The van der Waals surface area contributed by atoms with Gasteiger partial charge in [0.15, 0.2) is 6.61 Å². The molecule has 1 aliphatic heterocycles. The molecule has 1 aromatic heterocycles. The van der Waals surface area contributed by atoms with Crippen LogP contribution in [0.25, 0.3) is 11.0 Å². The van der Waals surface area contributed by atoms with Crippen LogP contribution in [0.3, 0.4) is 0 Å². The van der Waals surface area contributed by atoms with E-state index < -0.39 is 0 Å². The molecule has 140 valence electrons. The van der Waals surface area contributed by atoms with Gasteiger partial charge in [-0.2, -0.15) is 0 Å². The van der Waals surface area contributed by atoms with Crippen molar-refractivity contribution in [1.82, 2.24) is 10.2 Å². The first-order valence-corrected chi connectivity index (χ1v) is 8.92. The highest BCUT2D eigenvalue weighted by molar-refractivity contribution is 5.82. The second-order valence-corrected chi connectivity index (χ2v) is 6.19. The summed E-state index contributed by atoms with van der Waals surface area (Å²) in [5.41, 5.74) is 1.02. The summed E-state index contributed by atoms with van der Waals surface area (Å²) in [5, 5.41) is 3.73. The molecule has 2 aromatic rings. The van der Waals surface area contributed by atoms with Crippen LogP contribution >= 0.6 is 0 Å². The first-order chi connectivity index (χ1) is 12.7. The number of ether oxygens (including phenoxy) is 2. The highest BCUT2D eigenvalue weighted by atomic mass is 16.5. The van der Waals surface area contributed by atoms with E-state index in [9.17, 15) is 9.59 Å². The van der Waals surface area contributed by atoms with Crippen molar-refractivity contribution in [3.05, 3.63) is 40.2 Å². The third kappa shape index (κ3) is 4.83. The van der Waals surface area contributed by atoms with E-state index in [0.29, 0.717) is 17.9 Å². The van der Waals surface area contributed by atoms with Gasteiger partial charge in [0.05, 0.1) is 13.2 Å². The van der Waals surface area contributed by atoms with Crippen LogP contribution < -0.4 is 15.7 Å². The Hall–Kier alpha value is -2.38. The molecular formula is C19H24N2O5. The fourth-order valence-electron chi connectivity index (χ4n) is 2.97. The first kappa shape index (κ1) is 18.4. The quantitative estimate of drug-likeness (QED) is 0.747. The van der Waals surface area contributed by atoms with Crippen molar-refractivity contribution in [2.45, 2.75) is 13.3 Å². The molecule has 0 bridgehead atoms. The Bertz CT molecular complexity index is 811. The predicted octanol–water partition coefficient (Wildman–Crippen LogP) is 1.18. The van der Waals surface area contributed by atoms with E-state index in [1.807, 2.05) is 13.0 Å². The van der Waals surface area contributed by atoms with E-state index in [-0.39, 0.29) is 18.1 Å². The number of amides is 1. The summed E-state index contributed by atoms with van der Waals surface area (Å²) in [5.74, 6) is 0.319. The van der Waals surface area contributed by atoms with Crippen molar-refractivity contribution in [3.8, 4) is 5.75 Å². The van der Waals surface area contributed by atoms with E-state index in [1.165, 1.54) is 6.07 Å². The summed E-state index contributed by atoms with van der Waals surface area (Å²) in [4.78, 5) is 25.8. The molecule has 1 aliphatic rings. The number of hydrogen-bond donors (Lipinski definition) is 1. The van der Waals surface area contributed by atoms with Gasteiger partial charge < -0.3 is 19.2 Å². The number of nitrogens with zero attached hydrogens (tertiary/aromatic N) is 1. The molecule has 26 heavy (non-hydrogen) atoms. The van der Waals surface area contributed by atoms with Crippen LogP contribution in [0.1, 0.15) is 12.5 Å². The largest absolute Gasteiger partial charge is 0.484 e. The van der Waals surface area contributed by atoms with Crippen molar-refractivity contribution in [3.63, 3.8) is 0 Å². The molecule has 1 aromatic carbocycles. The van der Waals surface area contributed by atoms with Gasteiger partial charge in [0.2, 0.25) is 0 Å². The molecule has 0 unspecified atom stereocenters. The molecular weight excluding hydrogens is 336 g/mol. The fourth-order valence-corrected chi connectivity index (χ4v) is 2.97. The molecule has 0 spiro atoms. The standard InChI is InChI=1S/C19H24N2O5/c1-2-14-11-19(23)26-17-12-15(3-4-16(14)17)25-13-18(22)20-5-6-21-7-9-24-10-8-21/h3-4,11-12H,2,5-10,13H2,1H3,(H,20,22). The number of carbonyl (C=O) groups excluding carboxylic acids is 1. The minimum Gasteiger partial charge on any atom is -0.484 e. The maximum Gasteiger partial charge on any atom is 0.336 e. The molecule has 0 atom stereocenters. The number of morpholine rings is 1. The van der Waals surface area contributed by atoms with Gasteiger partial charge in [0.25, 0.3) is 5.91 Å². The van der Waals surface area contributed by atoms with E-state index >= 15 is 0 Å². The van der Waals surface area contributed by atoms with Crippen molar-refractivity contribution >= 4 is 16.9 Å². The molecule has 2 heterocycles. The molecule has 0 aliphatic carbocycles. The minimum atomic E-state index is -0.382. The summed E-state index contributed by atoms with van der Waals surface area (Å²) in [6.07, 6.45) is 0.744. The van der Waals surface area contributed by atoms with Gasteiger partial charge in [0.1, 0.15) is 11.3 Å². The van der Waals surface area contributed by atoms with Crippen LogP contribution in [0.2, 0.25) is 0 Å². The van der Waals surface area contributed by atoms with Crippen molar-refractivity contribution < 1.29 is 18.7 Å². The van der Waals surface area contributed by atoms with Crippen molar-refractivity contribution in [1.29, 1.82) is 0 Å². The van der Waals surface area contributed by atoms with Gasteiger partial charge in [0, 0.05) is 43.7 Å². The normalized spacial score (nSPS) is 15.1. The number of carbonyl (C=O) groups is 1. The summed E-state index contributed by atoms with van der Waals surface area (Å²) in [6, 6.07) is 6.78. The predicted molar refractivity (Wildman–Crippen MR) is 97.6 cm³/mol. The van der Waals surface area contributed by atoms with E-state index in [2.05, 4.69) is 10.2 Å². The van der Waals surface area contributed by atoms with Gasteiger partial charge in [-0.25, -0.2) is 4.79 Å². The average molecular weight is 360 g/mol. The minimum absolute atomic E-state index is 0.0771. The molecule has 0 radical (unpaired) electrons. The average Bonchev–Trinajstić information content (AvgIpc) is 2.66. The molecule has 1 fully saturated rings. The SMILES string of the molecule is CCc1cc(=O)oc2cc(OCC(=O)NCCN3CCOCC3)ccc12. The Labute approximate surface area is 151 Å². The highest BCUT2D eigenvalue weighted by Crippen LogP contribution is 2.22. The highest BCUT2D eigenvalue weighted by Gasteiger charge is 2.11. The molecule has 0 saturated carbocycles. The van der Waals surface area contributed by atoms with Crippen molar-refractivity contribution in [2.75, 3.05) is 46.0 Å². The molecule has 1 saturated heterocycles. The molecule has 1 N–H and O–H groups in total. The Balaban J connectivity index is 1.50. The molecule has 7 heteroatoms. The van der Waals surface area contributed by atoms with Crippen LogP contribution in [0.15, 0.2) is 33.5 Å². The second-order valence-electron chi connectivity index (χ2n) is 6.19. The zero-order valence-electron chi connectivity index (χ0n) is 15.0. The zero-order chi connectivity index (χ0) is 18.4. The maximum atomic E-state index is 11.9. The lowest BCUT2D eigenvalue weighted by Crippen LogP contribution is -2.42. The van der Waals surface area contributed by atoms with Gasteiger partial charge in [-0.15, -0.1) is 0 Å². The Morgan fingerprint density at radius 3 is 2.85 bits per heavy atom. The van der Waals surface area contributed by atoms with Gasteiger partial charge >= 0.3 is 5.63 Å². The molecule has 7 nitrogen and oxygen atoms in total. The first-order valence-electron chi connectivity index (χ1n) is 8.92. The van der Waals surface area contributed by atoms with E-state index in [4.69, 9.17) is 13.9 Å². The van der Waals surface area contributed by atoms with Crippen LogP contribution in [0.5, 0.6) is 5.75 Å². The summed E-state index contributed by atoms with van der Waals surface area (Å²) in [6.45, 7) is 6.57.